The quantitative estimate of drug-likeness (QED) is 0.785. The molecule has 0 N–H and O–H groups in total. The van der Waals surface area contributed by atoms with Gasteiger partial charge in [-0.2, -0.15) is 6.07 Å². The molecule has 0 bridgehead atoms. The number of nitrogens with zero attached hydrogens (tertiary/aromatic N) is 2. The number of hydrogen-bond acceptors (Lipinski definition) is 2. The van der Waals surface area contributed by atoms with Gasteiger partial charge in [-0.3, -0.25) is 4.79 Å². The van der Waals surface area contributed by atoms with Crippen molar-refractivity contribution < 1.29 is 37.5 Å². The molecule has 2 aliphatic rings. The van der Waals surface area contributed by atoms with E-state index >= 15 is 0 Å². The van der Waals surface area contributed by atoms with E-state index in [9.17, 15) is 4.79 Å². The van der Waals surface area contributed by atoms with Gasteiger partial charge in [-0.1, -0.05) is 20.0 Å². The van der Waals surface area contributed by atoms with Crippen LogP contribution < -0.4 is 4.90 Å². The van der Waals surface area contributed by atoms with Crippen LogP contribution in [0.2, 0.25) is 0 Å². The van der Waals surface area contributed by atoms with Crippen LogP contribution in [0.3, 0.4) is 0 Å². The SMILES string of the molecule is CC(C)c1[c-]cc(N2CCC3CC3C2=O)nc1.[Y]. The summed E-state index contributed by atoms with van der Waals surface area (Å²) < 4.78 is 0. The monoisotopic (exact) mass is 318 g/mol. The molecule has 1 amide bonds. The Balaban J connectivity index is 0.00000120. The van der Waals surface area contributed by atoms with Crippen LogP contribution >= 0.6 is 0 Å². The summed E-state index contributed by atoms with van der Waals surface area (Å²) in [6, 6.07) is 5.08. The number of rotatable bonds is 2. The molecule has 1 aliphatic heterocycles. The second-order valence-electron chi connectivity index (χ2n) is 5.40. The van der Waals surface area contributed by atoms with E-state index in [0.717, 1.165) is 30.8 Å². The smallest absolute Gasteiger partial charge is 0.220 e. The van der Waals surface area contributed by atoms with Crippen molar-refractivity contribution in [3.63, 3.8) is 0 Å². The van der Waals surface area contributed by atoms with Gasteiger partial charge in [0, 0.05) is 51.0 Å². The van der Waals surface area contributed by atoms with Crippen molar-refractivity contribution in [3.05, 3.63) is 23.9 Å². The fourth-order valence-corrected chi connectivity index (χ4v) is 2.52. The van der Waals surface area contributed by atoms with Gasteiger partial charge in [-0.15, -0.1) is 11.6 Å². The standard InChI is InChI=1S/C14H17N2O.Y/c1-9(2)11-3-4-13(15-8-11)16-6-5-10-7-12(10)14(16)17;/h4,8-10,12H,5-7H2,1-2H3;/q-1;. The van der Waals surface area contributed by atoms with Gasteiger partial charge in [-0.25, -0.2) is 0 Å². The van der Waals surface area contributed by atoms with E-state index < -0.39 is 0 Å². The van der Waals surface area contributed by atoms with Crippen LogP contribution in [-0.2, 0) is 37.5 Å². The van der Waals surface area contributed by atoms with Crippen molar-refractivity contribution in [2.24, 2.45) is 11.8 Å². The first-order valence-electron chi connectivity index (χ1n) is 6.36. The molecule has 1 aliphatic carbocycles. The maximum absolute atomic E-state index is 12.1. The Morgan fingerprint density at radius 1 is 1.50 bits per heavy atom. The van der Waals surface area contributed by atoms with Crippen molar-refractivity contribution in [2.45, 2.75) is 32.6 Å². The Bertz CT molecular complexity index is 444. The summed E-state index contributed by atoms with van der Waals surface area (Å²) in [5, 5.41) is 0. The minimum atomic E-state index is 0. The van der Waals surface area contributed by atoms with Crippen LogP contribution in [0.4, 0.5) is 5.82 Å². The first-order chi connectivity index (χ1) is 8.16. The van der Waals surface area contributed by atoms with E-state index in [0.29, 0.717) is 11.8 Å². The third kappa shape index (κ3) is 2.53. The number of pyridine rings is 1. The second-order valence-corrected chi connectivity index (χ2v) is 5.40. The van der Waals surface area contributed by atoms with Crippen molar-refractivity contribution >= 4 is 11.7 Å². The first-order valence-corrected chi connectivity index (χ1v) is 6.36. The summed E-state index contributed by atoms with van der Waals surface area (Å²) in [5.41, 5.74) is 1.10. The van der Waals surface area contributed by atoms with Gasteiger partial charge in [-0.05, 0) is 24.7 Å². The Morgan fingerprint density at radius 3 is 2.89 bits per heavy atom. The van der Waals surface area contributed by atoms with Gasteiger partial charge in [0.2, 0.25) is 5.91 Å². The number of amides is 1. The number of hydrogen-bond donors (Lipinski definition) is 0. The van der Waals surface area contributed by atoms with Gasteiger partial charge in [0.15, 0.2) is 0 Å². The predicted octanol–water partition coefficient (Wildman–Crippen LogP) is 2.38. The normalized spacial score (nSPS) is 25.7. The minimum Gasteiger partial charge on any atom is -0.367 e. The summed E-state index contributed by atoms with van der Waals surface area (Å²) >= 11 is 0. The topological polar surface area (TPSA) is 33.2 Å². The second kappa shape index (κ2) is 5.38. The molecule has 93 valence electrons. The van der Waals surface area contributed by atoms with E-state index in [1.807, 2.05) is 17.2 Å². The molecule has 1 radical (unpaired) electrons. The molecule has 0 aromatic carbocycles. The average molecular weight is 318 g/mol. The third-order valence-electron chi connectivity index (χ3n) is 3.83. The zero-order valence-corrected chi connectivity index (χ0v) is 13.7. The number of anilines is 1. The van der Waals surface area contributed by atoms with Crippen LogP contribution in [0.5, 0.6) is 0 Å². The summed E-state index contributed by atoms with van der Waals surface area (Å²) in [6.07, 6.45) is 4.05. The Labute approximate surface area is 133 Å². The fraction of sp³-hybridized carbons (Fsp3) is 0.571. The largest absolute Gasteiger partial charge is 0.367 e. The van der Waals surface area contributed by atoms with Crippen LogP contribution in [0, 0.1) is 17.9 Å². The van der Waals surface area contributed by atoms with Gasteiger partial charge < -0.3 is 9.88 Å². The molecule has 4 heteroatoms. The zero-order valence-electron chi connectivity index (χ0n) is 10.9. The molecule has 2 unspecified atom stereocenters. The van der Waals surface area contributed by atoms with E-state index in [2.05, 4.69) is 24.9 Å². The molecular weight excluding hydrogens is 301 g/mol. The summed E-state index contributed by atoms with van der Waals surface area (Å²) in [6.45, 7) is 5.06. The van der Waals surface area contributed by atoms with E-state index in [1.165, 1.54) is 0 Å². The molecule has 0 spiro atoms. The van der Waals surface area contributed by atoms with Crippen LogP contribution in [0.15, 0.2) is 12.3 Å². The molecule has 1 aromatic rings. The van der Waals surface area contributed by atoms with Gasteiger partial charge in [0.05, 0.1) is 0 Å². The average Bonchev–Trinajstić information content (AvgIpc) is 3.10. The number of fused-ring (bicyclic) bond motifs is 1. The molecule has 1 saturated heterocycles. The molecule has 2 heterocycles. The number of carbonyl (C=O) groups excluding carboxylic acids is 1. The van der Waals surface area contributed by atoms with E-state index in [1.54, 1.807) is 0 Å². The summed E-state index contributed by atoms with van der Waals surface area (Å²) in [4.78, 5) is 18.3. The summed E-state index contributed by atoms with van der Waals surface area (Å²) in [5.74, 6) is 2.42. The van der Waals surface area contributed by atoms with Gasteiger partial charge in [0.1, 0.15) is 0 Å². The molecular formula is C14H17N2OY-. The summed E-state index contributed by atoms with van der Waals surface area (Å²) in [7, 11) is 0. The molecule has 1 saturated carbocycles. The van der Waals surface area contributed by atoms with Gasteiger partial charge in [0.25, 0.3) is 0 Å². The Hall–Kier alpha value is -0.276. The van der Waals surface area contributed by atoms with Crippen molar-refractivity contribution in [1.82, 2.24) is 4.98 Å². The van der Waals surface area contributed by atoms with Crippen molar-refractivity contribution in [1.29, 1.82) is 0 Å². The first kappa shape index (κ1) is 14.1. The maximum atomic E-state index is 12.1. The van der Waals surface area contributed by atoms with Crippen LogP contribution in [0.25, 0.3) is 0 Å². The Morgan fingerprint density at radius 2 is 2.28 bits per heavy atom. The molecule has 2 fully saturated rings. The van der Waals surface area contributed by atoms with Crippen molar-refractivity contribution in [3.8, 4) is 0 Å². The molecule has 1 aromatic heterocycles. The predicted molar refractivity (Wildman–Crippen MR) is 65.7 cm³/mol. The molecule has 2 atom stereocenters. The number of carbonyl (C=O) groups is 1. The molecule has 18 heavy (non-hydrogen) atoms. The van der Waals surface area contributed by atoms with Crippen LogP contribution in [-0.4, -0.2) is 17.4 Å². The Kier molecular flexibility index (Phi) is 4.23. The van der Waals surface area contributed by atoms with Gasteiger partial charge >= 0.3 is 0 Å². The van der Waals surface area contributed by atoms with E-state index in [-0.39, 0.29) is 44.5 Å². The van der Waals surface area contributed by atoms with E-state index in [4.69, 9.17) is 0 Å². The number of aromatic nitrogens is 1. The zero-order chi connectivity index (χ0) is 12.0. The van der Waals surface area contributed by atoms with Crippen LogP contribution in [0.1, 0.15) is 38.2 Å². The minimum absolute atomic E-state index is 0. The molecule has 3 nitrogen and oxygen atoms in total. The molecule has 3 rings (SSSR count). The third-order valence-corrected chi connectivity index (χ3v) is 3.83. The fourth-order valence-electron chi connectivity index (χ4n) is 2.52. The van der Waals surface area contributed by atoms with Crippen molar-refractivity contribution in [2.75, 3.05) is 11.4 Å². The number of piperidine rings is 1. The maximum Gasteiger partial charge on any atom is 0.220 e.